The van der Waals surface area contributed by atoms with Crippen LogP contribution in [-0.4, -0.2) is 41.4 Å². The zero-order valence-corrected chi connectivity index (χ0v) is 12.7. The van der Waals surface area contributed by atoms with E-state index >= 15 is 0 Å². The molecule has 1 rings (SSSR count). The zero-order chi connectivity index (χ0) is 14.5. The maximum atomic E-state index is 12.3. The van der Waals surface area contributed by atoms with E-state index in [0.29, 0.717) is 6.42 Å². The number of nitrogens with zero attached hydrogens (tertiary/aromatic N) is 1. The fourth-order valence-electron chi connectivity index (χ4n) is 2.41. The Morgan fingerprint density at radius 3 is 2.47 bits per heavy atom. The Kier molecular flexibility index (Phi) is 5.98. The molecule has 0 N–H and O–H groups in total. The van der Waals surface area contributed by atoms with E-state index in [4.69, 9.17) is 4.74 Å². The van der Waals surface area contributed by atoms with Gasteiger partial charge in [-0.2, -0.15) is 0 Å². The van der Waals surface area contributed by atoms with Crippen molar-refractivity contribution in [3.63, 3.8) is 0 Å². The molecule has 0 saturated carbocycles. The van der Waals surface area contributed by atoms with Gasteiger partial charge in [-0.1, -0.05) is 12.8 Å². The summed E-state index contributed by atoms with van der Waals surface area (Å²) in [4.78, 5) is 25.5. The van der Waals surface area contributed by atoms with Gasteiger partial charge in [-0.15, -0.1) is 0 Å². The van der Waals surface area contributed by atoms with Gasteiger partial charge in [0.15, 0.2) is 0 Å². The van der Waals surface area contributed by atoms with Gasteiger partial charge in [0.05, 0.1) is 5.60 Å². The first-order valence-electron chi connectivity index (χ1n) is 7.22. The van der Waals surface area contributed by atoms with Crippen LogP contribution in [0.2, 0.25) is 0 Å². The molecule has 4 heteroatoms. The van der Waals surface area contributed by atoms with E-state index < -0.39 is 0 Å². The molecule has 0 aromatic heterocycles. The van der Waals surface area contributed by atoms with Crippen LogP contribution in [0.4, 0.5) is 0 Å². The number of ether oxygens (including phenoxy) is 1. The highest BCUT2D eigenvalue weighted by Gasteiger charge is 2.27. The fraction of sp³-hybridized carbons (Fsp3) is 0.867. The summed E-state index contributed by atoms with van der Waals surface area (Å²) in [5.41, 5.74) is -0.308. The first-order valence-corrected chi connectivity index (χ1v) is 7.22. The third-order valence-corrected chi connectivity index (χ3v) is 3.35. The maximum Gasteiger partial charge on any atom is 0.248 e. The molecule has 1 saturated heterocycles. The molecule has 1 aliphatic heterocycles. The minimum absolute atomic E-state index is 0.0167. The Labute approximate surface area is 116 Å². The molecule has 1 heterocycles. The zero-order valence-electron chi connectivity index (χ0n) is 12.7. The molecule has 1 amide bonds. The molecular formula is C15H27NO3. The van der Waals surface area contributed by atoms with Gasteiger partial charge in [0, 0.05) is 19.0 Å². The molecule has 0 aromatic carbocycles. The lowest BCUT2D eigenvalue weighted by Gasteiger charge is -2.30. The van der Waals surface area contributed by atoms with Gasteiger partial charge in [-0.05, 0) is 40.5 Å². The van der Waals surface area contributed by atoms with Gasteiger partial charge in [0.1, 0.15) is 12.4 Å². The van der Waals surface area contributed by atoms with Crippen LogP contribution in [0.5, 0.6) is 0 Å². The second-order valence-electron chi connectivity index (χ2n) is 6.40. The number of hydrogen-bond acceptors (Lipinski definition) is 3. The Morgan fingerprint density at radius 2 is 1.89 bits per heavy atom. The van der Waals surface area contributed by atoms with Gasteiger partial charge < -0.3 is 9.64 Å². The average Bonchev–Trinajstić information content (AvgIpc) is 2.49. The van der Waals surface area contributed by atoms with E-state index in [1.165, 1.54) is 0 Å². The van der Waals surface area contributed by atoms with Crippen LogP contribution in [0.25, 0.3) is 0 Å². The van der Waals surface area contributed by atoms with Crippen molar-refractivity contribution in [1.29, 1.82) is 0 Å². The highest BCUT2D eigenvalue weighted by molar-refractivity contribution is 5.80. The smallest absolute Gasteiger partial charge is 0.248 e. The SMILES string of the molecule is CC(=O)CC1CCCCCN1C(=O)COC(C)(C)C. The van der Waals surface area contributed by atoms with Gasteiger partial charge in [0.2, 0.25) is 5.91 Å². The largest absolute Gasteiger partial charge is 0.366 e. The van der Waals surface area contributed by atoms with Crippen molar-refractivity contribution in [2.24, 2.45) is 0 Å². The highest BCUT2D eigenvalue weighted by atomic mass is 16.5. The van der Waals surface area contributed by atoms with Crippen molar-refractivity contribution in [3.8, 4) is 0 Å². The average molecular weight is 269 g/mol. The van der Waals surface area contributed by atoms with E-state index in [1.54, 1.807) is 6.92 Å². The van der Waals surface area contributed by atoms with E-state index in [9.17, 15) is 9.59 Å². The molecule has 4 nitrogen and oxygen atoms in total. The van der Waals surface area contributed by atoms with Crippen LogP contribution < -0.4 is 0 Å². The minimum Gasteiger partial charge on any atom is -0.366 e. The summed E-state index contributed by atoms with van der Waals surface area (Å²) in [7, 11) is 0. The predicted molar refractivity (Wildman–Crippen MR) is 75.0 cm³/mol. The summed E-state index contributed by atoms with van der Waals surface area (Å²) >= 11 is 0. The predicted octanol–water partition coefficient (Wildman–Crippen LogP) is 2.55. The monoisotopic (exact) mass is 269 g/mol. The summed E-state index contributed by atoms with van der Waals surface area (Å²) < 4.78 is 5.56. The van der Waals surface area contributed by atoms with E-state index in [0.717, 1.165) is 32.2 Å². The van der Waals surface area contributed by atoms with E-state index in [-0.39, 0.29) is 29.9 Å². The number of Topliss-reactive ketones (excluding diaryl/α,β-unsaturated/α-hetero) is 1. The van der Waals surface area contributed by atoms with Gasteiger partial charge in [0.25, 0.3) is 0 Å². The number of ketones is 1. The third kappa shape index (κ3) is 6.19. The molecule has 1 aliphatic rings. The number of amides is 1. The van der Waals surface area contributed by atoms with Crippen LogP contribution in [0.15, 0.2) is 0 Å². The van der Waals surface area contributed by atoms with Crippen LogP contribution in [-0.2, 0) is 14.3 Å². The number of rotatable bonds is 4. The number of carbonyl (C=O) groups is 2. The molecule has 0 bridgehead atoms. The summed E-state index contributed by atoms with van der Waals surface area (Å²) in [5.74, 6) is 0.171. The Hall–Kier alpha value is -0.900. The first kappa shape index (κ1) is 16.2. The van der Waals surface area contributed by atoms with E-state index in [1.807, 2.05) is 25.7 Å². The Bertz CT molecular complexity index is 320. The molecule has 1 atom stereocenters. The normalized spacial score (nSPS) is 21.1. The van der Waals surface area contributed by atoms with Crippen LogP contribution in [0.1, 0.15) is 59.8 Å². The van der Waals surface area contributed by atoms with Gasteiger partial charge in [-0.25, -0.2) is 0 Å². The molecule has 0 radical (unpaired) electrons. The quantitative estimate of drug-likeness (QED) is 0.788. The van der Waals surface area contributed by atoms with E-state index in [2.05, 4.69) is 0 Å². The molecule has 1 unspecified atom stereocenters. The molecule has 1 fully saturated rings. The summed E-state index contributed by atoms with van der Waals surface area (Å²) in [5, 5.41) is 0. The van der Waals surface area contributed by atoms with Crippen LogP contribution in [0, 0.1) is 0 Å². The lowest BCUT2D eigenvalue weighted by atomic mass is 10.0. The summed E-state index contributed by atoms with van der Waals surface area (Å²) in [6, 6.07) is 0.0658. The lowest BCUT2D eigenvalue weighted by molar-refractivity contribution is -0.143. The van der Waals surface area contributed by atoms with Crippen molar-refractivity contribution >= 4 is 11.7 Å². The van der Waals surface area contributed by atoms with Crippen molar-refractivity contribution in [1.82, 2.24) is 4.90 Å². The molecule has 0 spiro atoms. The Balaban J connectivity index is 2.62. The number of carbonyl (C=O) groups excluding carboxylic acids is 2. The number of likely N-dealkylation sites (tertiary alicyclic amines) is 1. The summed E-state index contributed by atoms with van der Waals surface area (Å²) in [6.07, 6.45) is 4.66. The van der Waals surface area contributed by atoms with Crippen LogP contribution >= 0.6 is 0 Å². The first-order chi connectivity index (χ1) is 8.79. The second kappa shape index (κ2) is 7.04. The molecule has 0 aromatic rings. The third-order valence-electron chi connectivity index (χ3n) is 3.35. The van der Waals surface area contributed by atoms with Gasteiger partial charge in [-0.3, -0.25) is 9.59 Å². The van der Waals surface area contributed by atoms with Crippen molar-refractivity contribution in [2.45, 2.75) is 71.4 Å². The summed E-state index contributed by atoms with van der Waals surface area (Å²) in [6.45, 7) is 8.28. The molecule has 19 heavy (non-hydrogen) atoms. The van der Waals surface area contributed by atoms with Crippen LogP contribution in [0.3, 0.4) is 0 Å². The standard InChI is InChI=1S/C15H27NO3/c1-12(17)10-13-8-6-5-7-9-16(13)14(18)11-19-15(2,3)4/h13H,5-11H2,1-4H3. The minimum atomic E-state index is -0.308. The molecular weight excluding hydrogens is 242 g/mol. The second-order valence-corrected chi connectivity index (χ2v) is 6.40. The maximum absolute atomic E-state index is 12.3. The lowest BCUT2D eigenvalue weighted by Crippen LogP contribution is -2.43. The van der Waals surface area contributed by atoms with Crippen molar-refractivity contribution in [3.05, 3.63) is 0 Å². The number of hydrogen-bond donors (Lipinski definition) is 0. The van der Waals surface area contributed by atoms with Crippen molar-refractivity contribution < 1.29 is 14.3 Å². The van der Waals surface area contributed by atoms with Crippen molar-refractivity contribution in [2.75, 3.05) is 13.2 Å². The Morgan fingerprint density at radius 1 is 1.21 bits per heavy atom. The molecule has 0 aliphatic carbocycles. The van der Waals surface area contributed by atoms with Gasteiger partial charge >= 0.3 is 0 Å². The fourth-order valence-corrected chi connectivity index (χ4v) is 2.41. The molecule has 110 valence electrons. The topological polar surface area (TPSA) is 46.6 Å². The highest BCUT2D eigenvalue weighted by Crippen LogP contribution is 2.20.